The normalized spacial score (nSPS) is 24.5. The van der Waals surface area contributed by atoms with Gasteiger partial charge in [0.25, 0.3) is 0 Å². The average molecular weight is 321 g/mol. The fourth-order valence-electron chi connectivity index (χ4n) is 3.94. The van der Waals surface area contributed by atoms with E-state index in [1.165, 1.54) is 70.1 Å². The van der Waals surface area contributed by atoms with Gasteiger partial charge in [-0.2, -0.15) is 0 Å². The summed E-state index contributed by atoms with van der Waals surface area (Å²) in [4.78, 5) is 2.59. The summed E-state index contributed by atoms with van der Waals surface area (Å²) in [5.41, 5.74) is 1.37. The summed E-state index contributed by atoms with van der Waals surface area (Å²) in [5.74, 6) is 0.931. The first-order valence-corrected chi connectivity index (χ1v) is 9.37. The van der Waals surface area contributed by atoms with Gasteiger partial charge in [-0.3, -0.25) is 4.90 Å². The minimum absolute atomic E-state index is 0.683. The van der Waals surface area contributed by atoms with Crippen LogP contribution in [0.25, 0.3) is 0 Å². The van der Waals surface area contributed by atoms with Crippen LogP contribution < -0.4 is 5.32 Å². The SMILES string of the molecule is Clc1ccc(CN2CCCC(NCC3CCCCC3)C2)cc1. The number of halogens is 1. The van der Waals surface area contributed by atoms with Gasteiger partial charge in [-0.05, 0) is 62.4 Å². The predicted octanol–water partition coefficient (Wildman–Crippen LogP) is 4.47. The van der Waals surface area contributed by atoms with Gasteiger partial charge in [0.2, 0.25) is 0 Å². The highest BCUT2D eigenvalue weighted by molar-refractivity contribution is 6.30. The van der Waals surface area contributed by atoms with Crippen molar-refractivity contribution in [2.24, 2.45) is 5.92 Å². The lowest BCUT2D eigenvalue weighted by atomic mass is 9.89. The molecule has 1 unspecified atom stereocenters. The molecule has 0 amide bonds. The molecule has 3 heteroatoms. The fraction of sp³-hybridized carbons (Fsp3) is 0.684. The Balaban J connectivity index is 1.43. The van der Waals surface area contributed by atoms with Gasteiger partial charge < -0.3 is 5.32 Å². The van der Waals surface area contributed by atoms with Crippen LogP contribution in [-0.4, -0.2) is 30.6 Å². The molecule has 122 valence electrons. The highest BCUT2D eigenvalue weighted by atomic mass is 35.5. The summed E-state index contributed by atoms with van der Waals surface area (Å²) < 4.78 is 0. The van der Waals surface area contributed by atoms with Crippen LogP contribution in [0.1, 0.15) is 50.5 Å². The molecule has 0 spiro atoms. The van der Waals surface area contributed by atoms with Crippen LogP contribution >= 0.6 is 11.6 Å². The second-order valence-corrected chi connectivity index (χ2v) is 7.55. The van der Waals surface area contributed by atoms with Crippen molar-refractivity contribution < 1.29 is 0 Å². The Labute approximate surface area is 140 Å². The van der Waals surface area contributed by atoms with Crippen molar-refractivity contribution >= 4 is 11.6 Å². The zero-order chi connectivity index (χ0) is 15.2. The molecule has 1 saturated carbocycles. The van der Waals surface area contributed by atoms with Crippen molar-refractivity contribution in [3.05, 3.63) is 34.9 Å². The highest BCUT2D eigenvalue weighted by Crippen LogP contribution is 2.23. The Morgan fingerprint density at radius 2 is 1.77 bits per heavy atom. The molecule has 2 aliphatic rings. The lowest BCUT2D eigenvalue weighted by Gasteiger charge is -2.34. The molecule has 1 aromatic carbocycles. The van der Waals surface area contributed by atoms with Gasteiger partial charge in [0, 0.05) is 24.2 Å². The number of benzene rings is 1. The van der Waals surface area contributed by atoms with Crippen LogP contribution in [-0.2, 0) is 6.54 Å². The number of nitrogens with zero attached hydrogens (tertiary/aromatic N) is 1. The molecule has 1 atom stereocenters. The topological polar surface area (TPSA) is 15.3 Å². The second-order valence-electron chi connectivity index (χ2n) is 7.11. The monoisotopic (exact) mass is 320 g/mol. The minimum atomic E-state index is 0.683. The van der Waals surface area contributed by atoms with Crippen molar-refractivity contribution in [2.75, 3.05) is 19.6 Å². The van der Waals surface area contributed by atoms with Gasteiger partial charge in [-0.1, -0.05) is 43.0 Å². The Bertz CT molecular complexity index is 439. The van der Waals surface area contributed by atoms with Gasteiger partial charge >= 0.3 is 0 Å². The molecule has 3 rings (SSSR count). The third-order valence-corrected chi connectivity index (χ3v) is 5.50. The van der Waals surface area contributed by atoms with Crippen LogP contribution in [0.5, 0.6) is 0 Å². The van der Waals surface area contributed by atoms with E-state index in [0.717, 1.165) is 17.5 Å². The van der Waals surface area contributed by atoms with Crippen molar-refractivity contribution in [1.29, 1.82) is 0 Å². The van der Waals surface area contributed by atoms with E-state index in [4.69, 9.17) is 11.6 Å². The standard InChI is InChI=1S/C19H29ClN2/c20-18-10-8-17(9-11-18)14-22-12-4-7-19(15-22)21-13-16-5-2-1-3-6-16/h8-11,16,19,21H,1-7,12-15H2. The smallest absolute Gasteiger partial charge is 0.0406 e. The van der Waals surface area contributed by atoms with E-state index in [1.54, 1.807) is 0 Å². The number of nitrogens with one attached hydrogen (secondary N) is 1. The van der Waals surface area contributed by atoms with Gasteiger partial charge in [0.05, 0.1) is 0 Å². The van der Waals surface area contributed by atoms with Crippen LogP contribution in [0, 0.1) is 5.92 Å². The molecule has 0 bridgehead atoms. The summed E-state index contributed by atoms with van der Waals surface area (Å²) in [6.45, 7) is 4.71. The molecule has 1 aromatic rings. The maximum atomic E-state index is 5.97. The van der Waals surface area contributed by atoms with Gasteiger partial charge in [-0.25, -0.2) is 0 Å². The van der Waals surface area contributed by atoms with Crippen molar-refractivity contribution in [3.63, 3.8) is 0 Å². The summed E-state index contributed by atoms with van der Waals surface area (Å²) in [5, 5.41) is 4.68. The van der Waals surface area contributed by atoms with E-state index in [9.17, 15) is 0 Å². The quantitative estimate of drug-likeness (QED) is 0.860. The van der Waals surface area contributed by atoms with Gasteiger partial charge in [0.15, 0.2) is 0 Å². The van der Waals surface area contributed by atoms with Crippen molar-refractivity contribution in [2.45, 2.75) is 57.5 Å². The summed E-state index contributed by atoms with van der Waals surface area (Å²) in [6.07, 6.45) is 9.87. The zero-order valence-electron chi connectivity index (χ0n) is 13.6. The molecule has 0 aromatic heterocycles. The van der Waals surface area contributed by atoms with Gasteiger partial charge in [-0.15, -0.1) is 0 Å². The van der Waals surface area contributed by atoms with Crippen LogP contribution in [0.4, 0.5) is 0 Å². The summed E-state index contributed by atoms with van der Waals surface area (Å²) >= 11 is 5.97. The minimum Gasteiger partial charge on any atom is -0.312 e. The molecule has 1 N–H and O–H groups in total. The van der Waals surface area contributed by atoms with Gasteiger partial charge in [0.1, 0.15) is 0 Å². The molecule has 22 heavy (non-hydrogen) atoms. The Kier molecular flexibility index (Phi) is 6.17. The van der Waals surface area contributed by atoms with Crippen molar-refractivity contribution in [1.82, 2.24) is 10.2 Å². The first kappa shape index (κ1) is 16.3. The lowest BCUT2D eigenvalue weighted by molar-refractivity contribution is 0.177. The Hall–Kier alpha value is -0.570. The Morgan fingerprint density at radius 1 is 1.00 bits per heavy atom. The molecule has 1 heterocycles. The third kappa shape index (κ3) is 4.97. The molecule has 2 nitrogen and oxygen atoms in total. The van der Waals surface area contributed by atoms with E-state index in [0.29, 0.717) is 6.04 Å². The molecular formula is C19H29ClN2. The van der Waals surface area contributed by atoms with E-state index < -0.39 is 0 Å². The Morgan fingerprint density at radius 3 is 2.55 bits per heavy atom. The molecule has 1 saturated heterocycles. The number of hydrogen-bond donors (Lipinski definition) is 1. The zero-order valence-corrected chi connectivity index (χ0v) is 14.3. The van der Waals surface area contributed by atoms with Crippen LogP contribution in [0.2, 0.25) is 5.02 Å². The van der Waals surface area contributed by atoms with E-state index >= 15 is 0 Å². The average Bonchev–Trinajstić information content (AvgIpc) is 2.57. The number of hydrogen-bond acceptors (Lipinski definition) is 2. The van der Waals surface area contributed by atoms with E-state index in [2.05, 4.69) is 22.3 Å². The number of piperidine rings is 1. The predicted molar refractivity (Wildman–Crippen MR) is 94.3 cm³/mol. The summed E-state index contributed by atoms with van der Waals surface area (Å²) in [7, 11) is 0. The maximum absolute atomic E-state index is 5.97. The van der Waals surface area contributed by atoms with Crippen LogP contribution in [0.3, 0.4) is 0 Å². The van der Waals surface area contributed by atoms with E-state index in [-0.39, 0.29) is 0 Å². The lowest BCUT2D eigenvalue weighted by Crippen LogP contribution is -2.46. The first-order valence-electron chi connectivity index (χ1n) is 9.00. The summed E-state index contributed by atoms with van der Waals surface area (Å²) in [6, 6.07) is 8.99. The molecular weight excluding hydrogens is 292 g/mol. The van der Waals surface area contributed by atoms with Crippen molar-refractivity contribution in [3.8, 4) is 0 Å². The largest absolute Gasteiger partial charge is 0.312 e. The first-order chi connectivity index (χ1) is 10.8. The van der Waals surface area contributed by atoms with E-state index in [1.807, 2.05) is 12.1 Å². The second kappa shape index (κ2) is 8.33. The van der Waals surface area contributed by atoms with Crippen LogP contribution in [0.15, 0.2) is 24.3 Å². The fourth-order valence-corrected chi connectivity index (χ4v) is 4.06. The highest BCUT2D eigenvalue weighted by Gasteiger charge is 2.21. The maximum Gasteiger partial charge on any atom is 0.0406 e. The third-order valence-electron chi connectivity index (χ3n) is 5.24. The number of likely N-dealkylation sites (tertiary alicyclic amines) is 1. The molecule has 2 fully saturated rings. The number of rotatable bonds is 5. The molecule has 1 aliphatic carbocycles. The molecule has 0 radical (unpaired) electrons. The molecule has 1 aliphatic heterocycles.